The van der Waals surface area contributed by atoms with E-state index in [1.807, 2.05) is 13.0 Å². The number of nitrogens with zero attached hydrogens (tertiary/aromatic N) is 3. The zero-order valence-electron chi connectivity index (χ0n) is 15.1. The van der Waals surface area contributed by atoms with Gasteiger partial charge in [0.15, 0.2) is 0 Å². The summed E-state index contributed by atoms with van der Waals surface area (Å²) in [6.45, 7) is 2.72. The van der Waals surface area contributed by atoms with E-state index in [0.717, 1.165) is 5.56 Å². The number of rotatable bonds is 2. The van der Waals surface area contributed by atoms with Crippen molar-refractivity contribution in [1.29, 1.82) is 0 Å². The minimum Gasteiger partial charge on any atom is -0.508 e. The van der Waals surface area contributed by atoms with Crippen molar-refractivity contribution < 1.29 is 19.0 Å². The maximum atomic E-state index is 13.8. The van der Waals surface area contributed by atoms with Gasteiger partial charge < -0.3 is 14.7 Å². The largest absolute Gasteiger partial charge is 0.508 e. The Hall–Kier alpha value is -3.09. The third-order valence-electron chi connectivity index (χ3n) is 5.06. The molecule has 1 N–H and O–H groups in total. The van der Waals surface area contributed by atoms with Crippen molar-refractivity contribution in [2.45, 2.75) is 13.0 Å². The molecule has 2 atom stereocenters. The van der Waals surface area contributed by atoms with Crippen LogP contribution in [0, 0.1) is 11.7 Å². The van der Waals surface area contributed by atoms with Crippen molar-refractivity contribution in [1.82, 2.24) is 9.91 Å². The fraction of sp³-hybridized carbons (Fsp3) is 0.300. The number of phenols is 1. The van der Waals surface area contributed by atoms with Gasteiger partial charge in [0.05, 0.1) is 24.3 Å². The first-order chi connectivity index (χ1) is 13.0. The smallest absolute Gasteiger partial charge is 0.340 e. The van der Waals surface area contributed by atoms with Crippen molar-refractivity contribution in [3.05, 3.63) is 59.4 Å². The molecule has 0 fully saturated rings. The Balaban J connectivity index is 1.82. The SMILES string of the molecule is CCN(C)C(=O)N1N=C2c3cc(F)ccc3OCC2C1c1cccc(O)c1. The summed E-state index contributed by atoms with van der Waals surface area (Å²) < 4.78 is 19.7. The molecule has 6 nitrogen and oxygen atoms in total. The van der Waals surface area contributed by atoms with Crippen molar-refractivity contribution in [3.8, 4) is 11.5 Å². The van der Waals surface area contributed by atoms with Crippen molar-refractivity contribution in [3.63, 3.8) is 0 Å². The second-order valence-corrected chi connectivity index (χ2v) is 6.72. The van der Waals surface area contributed by atoms with Crippen LogP contribution < -0.4 is 4.74 Å². The summed E-state index contributed by atoms with van der Waals surface area (Å²) >= 11 is 0. The number of halogens is 1. The number of carbonyl (C=O) groups is 1. The number of carbonyl (C=O) groups excluding carboxylic acids is 1. The number of hydrogen-bond donors (Lipinski definition) is 1. The second kappa shape index (κ2) is 6.57. The van der Waals surface area contributed by atoms with E-state index < -0.39 is 6.04 Å². The molecule has 4 rings (SSSR count). The van der Waals surface area contributed by atoms with Gasteiger partial charge in [-0.3, -0.25) is 0 Å². The summed E-state index contributed by atoms with van der Waals surface area (Å²) in [7, 11) is 1.70. The molecule has 2 aromatic rings. The van der Waals surface area contributed by atoms with Crippen LogP contribution in [0.25, 0.3) is 0 Å². The Morgan fingerprint density at radius 3 is 2.93 bits per heavy atom. The van der Waals surface area contributed by atoms with Crippen LogP contribution in [-0.4, -0.2) is 47.0 Å². The highest BCUT2D eigenvalue weighted by atomic mass is 19.1. The van der Waals surface area contributed by atoms with E-state index in [1.165, 1.54) is 17.1 Å². The number of benzene rings is 2. The number of ether oxygens (including phenoxy) is 1. The van der Waals surface area contributed by atoms with Gasteiger partial charge in [-0.05, 0) is 42.8 Å². The van der Waals surface area contributed by atoms with Crippen molar-refractivity contribution in [2.24, 2.45) is 11.0 Å². The highest BCUT2D eigenvalue weighted by Gasteiger charge is 2.45. The fourth-order valence-corrected chi connectivity index (χ4v) is 3.56. The Morgan fingerprint density at radius 1 is 1.37 bits per heavy atom. The quantitative estimate of drug-likeness (QED) is 0.883. The predicted molar refractivity (Wildman–Crippen MR) is 98.3 cm³/mol. The lowest BCUT2D eigenvalue weighted by atomic mass is 9.86. The van der Waals surface area contributed by atoms with E-state index >= 15 is 0 Å². The average Bonchev–Trinajstić information content (AvgIpc) is 3.06. The Morgan fingerprint density at radius 2 is 2.19 bits per heavy atom. The maximum Gasteiger partial charge on any atom is 0.340 e. The Labute approximate surface area is 156 Å². The van der Waals surface area contributed by atoms with Crippen LogP contribution in [-0.2, 0) is 0 Å². The predicted octanol–water partition coefficient (Wildman–Crippen LogP) is 3.37. The van der Waals surface area contributed by atoms with Crippen LogP contribution in [0.15, 0.2) is 47.6 Å². The summed E-state index contributed by atoms with van der Waals surface area (Å²) in [5, 5.41) is 15.9. The van der Waals surface area contributed by atoms with E-state index in [9.17, 15) is 14.3 Å². The molecule has 7 heteroatoms. The van der Waals surface area contributed by atoms with Gasteiger partial charge in [0.1, 0.15) is 17.3 Å². The molecule has 140 valence electrons. The highest BCUT2D eigenvalue weighted by molar-refractivity contribution is 6.07. The molecule has 27 heavy (non-hydrogen) atoms. The third-order valence-corrected chi connectivity index (χ3v) is 5.06. The Bertz CT molecular complexity index is 930. The van der Waals surface area contributed by atoms with Crippen LogP contribution in [0.5, 0.6) is 11.5 Å². The van der Waals surface area contributed by atoms with Gasteiger partial charge >= 0.3 is 6.03 Å². The summed E-state index contributed by atoms with van der Waals surface area (Å²) in [4.78, 5) is 14.5. The minimum atomic E-state index is -0.440. The molecule has 0 saturated heterocycles. The molecule has 2 heterocycles. The molecule has 2 aliphatic rings. The number of phenolic OH excluding ortho intramolecular Hbond substituents is 1. The molecule has 2 aromatic carbocycles. The molecular formula is C20H20FN3O3. The van der Waals surface area contributed by atoms with Crippen LogP contribution >= 0.6 is 0 Å². The zero-order valence-corrected chi connectivity index (χ0v) is 15.1. The summed E-state index contributed by atoms with van der Waals surface area (Å²) in [5.41, 5.74) is 1.94. The molecule has 0 spiro atoms. The van der Waals surface area contributed by atoms with E-state index in [-0.39, 0.29) is 23.5 Å². The van der Waals surface area contributed by atoms with Crippen molar-refractivity contribution in [2.75, 3.05) is 20.2 Å². The first-order valence-corrected chi connectivity index (χ1v) is 8.84. The van der Waals surface area contributed by atoms with Gasteiger partial charge in [-0.25, -0.2) is 14.2 Å². The maximum absolute atomic E-state index is 13.8. The fourth-order valence-electron chi connectivity index (χ4n) is 3.56. The molecular weight excluding hydrogens is 349 g/mol. The van der Waals surface area contributed by atoms with Crippen LogP contribution in [0.4, 0.5) is 9.18 Å². The highest BCUT2D eigenvalue weighted by Crippen LogP contribution is 2.43. The molecule has 0 saturated carbocycles. The van der Waals surface area contributed by atoms with E-state index in [4.69, 9.17) is 4.74 Å². The van der Waals surface area contributed by atoms with Gasteiger partial charge in [-0.2, -0.15) is 5.10 Å². The number of aromatic hydroxyl groups is 1. The molecule has 0 aromatic heterocycles. The molecule has 2 unspecified atom stereocenters. The standard InChI is InChI=1S/C20H20FN3O3/c1-3-23(2)20(26)24-19(12-5-4-6-14(25)9-12)16-11-27-17-8-7-13(21)10-15(17)18(16)22-24/h4-10,16,19,25H,3,11H2,1-2H3. The van der Waals surface area contributed by atoms with Crippen LogP contribution in [0.3, 0.4) is 0 Å². The first kappa shape index (κ1) is 17.3. The minimum absolute atomic E-state index is 0.111. The van der Waals surface area contributed by atoms with Gasteiger partial charge in [0.2, 0.25) is 0 Å². The summed E-state index contributed by atoms with van der Waals surface area (Å²) in [6, 6.07) is 10.4. The van der Waals surface area contributed by atoms with Gasteiger partial charge in [-0.1, -0.05) is 12.1 Å². The second-order valence-electron chi connectivity index (χ2n) is 6.72. The normalized spacial score (nSPS) is 20.4. The van der Waals surface area contributed by atoms with Gasteiger partial charge in [0, 0.05) is 19.2 Å². The molecule has 2 amide bonds. The van der Waals surface area contributed by atoms with Gasteiger partial charge in [0.25, 0.3) is 0 Å². The average molecular weight is 369 g/mol. The molecule has 0 aliphatic carbocycles. The number of urea groups is 1. The van der Waals surface area contributed by atoms with Crippen LogP contribution in [0.2, 0.25) is 0 Å². The number of amides is 2. The number of hydrazone groups is 1. The monoisotopic (exact) mass is 369 g/mol. The van der Waals surface area contributed by atoms with Crippen LogP contribution in [0.1, 0.15) is 24.1 Å². The van der Waals surface area contributed by atoms with E-state index in [1.54, 1.807) is 36.2 Å². The molecule has 0 bridgehead atoms. The van der Waals surface area contributed by atoms with E-state index in [2.05, 4.69) is 5.10 Å². The van der Waals surface area contributed by atoms with E-state index in [0.29, 0.717) is 30.2 Å². The molecule has 0 radical (unpaired) electrons. The summed E-state index contributed by atoms with van der Waals surface area (Å²) in [6.07, 6.45) is 0. The van der Waals surface area contributed by atoms with Crippen molar-refractivity contribution >= 4 is 11.7 Å². The lowest BCUT2D eigenvalue weighted by Crippen LogP contribution is -2.41. The lowest BCUT2D eigenvalue weighted by Gasteiger charge is -2.31. The summed E-state index contributed by atoms with van der Waals surface area (Å²) in [5.74, 6) is 0.0277. The lowest BCUT2D eigenvalue weighted by molar-refractivity contribution is 0.135. The molecule has 2 aliphatic heterocycles. The third kappa shape index (κ3) is 2.89. The van der Waals surface area contributed by atoms with Gasteiger partial charge in [-0.15, -0.1) is 0 Å². The topological polar surface area (TPSA) is 65.4 Å². The Kier molecular flexibility index (Phi) is 4.22. The first-order valence-electron chi connectivity index (χ1n) is 8.84. The number of hydrogen-bond acceptors (Lipinski definition) is 4. The number of fused-ring (bicyclic) bond motifs is 3. The zero-order chi connectivity index (χ0) is 19.1.